The molecule has 2 rings (SSSR count). The van der Waals surface area contributed by atoms with E-state index < -0.39 is 0 Å². The van der Waals surface area contributed by atoms with Gasteiger partial charge in [-0.25, -0.2) is 0 Å². The van der Waals surface area contributed by atoms with Crippen molar-refractivity contribution in [3.63, 3.8) is 0 Å². The van der Waals surface area contributed by atoms with Crippen molar-refractivity contribution in [1.29, 1.82) is 0 Å². The lowest BCUT2D eigenvalue weighted by Crippen LogP contribution is -2.33. The number of aliphatic hydroxyl groups excluding tert-OH is 1. The summed E-state index contributed by atoms with van der Waals surface area (Å²) < 4.78 is 0. The minimum absolute atomic E-state index is 0.0185. The largest absolute Gasteiger partial charge is 0.396 e. The average molecular weight is 312 g/mol. The number of hydrogen-bond donors (Lipinski definition) is 2. The Morgan fingerprint density at radius 1 is 1.13 bits per heavy atom. The zero-order valence-electron chi connectivity index (χ0n) is 13.7. The molecule has 0 aromatic heterocycles. The van der Waals surface area contributed by atoms with Gasteiger partial charge in [0.1, 0.15) is 0 Å². The maximum absolute atomic E-state index is 12.2. The molecule has 0 spiro atoms. The summed E-state index contributed by atoms with van der Waals surface area (Å²) in [6, 6.07) is 17.7. The summed E-state index contributed by atoms with van der Waals surface area (Å²) in [7, 11) is 1.90. The molecule has 0 saturated carbocycles. The summed E-state index contributed by atoms with van der Waals surface area (Å²) in [6.45, 7) is 2.37. The molecule has 0 aliphatic heterocycles. The maximum Gasteiger partial charge on any atom is 0.238 e. The Morgan fingerprint density at radius 2 is 1.78 bits per heavy atom. The SMILES string of the molecule is Cc1ccc(NC(=O)CN(C)C(CCO)c2ccccc2)cc1. The number of rotatable bonds is 7. The third-order valence-electron chi connectivity index (χ3n) is 3.85. The first kappa shape index (κ1) is 17.2. The Balaban J connectivity index is 1.99. The number of carbonyl (C=O) groups excluding carboxylic acids is 1. The molecule has 2 aromatic rings. The van der Waals surface area contributed by atoms with Gasteiger partial charge in [0.2, 0.25) is 5.91 Å². The minimum atomic E-state index is -0.0600. The number of aliphatic hydroxyl groups is 1. The molecular weight excluding hydrogens is 288 g/mol. The van der Waals surface area contributed by atoms with Crippen molar-refractivity contribution >= 4 is 11.6 Å². The number of nitrogens with zero attached hydrogens (tertiary/aromatic N) is 1. The van der Waals surface area contributed by atoms with E-state index in [1.165, 1.54) is 0 Å². The number of benzene rings is 2. The molecule has 0 aliphatic carbocycles. The molecule has 0 saturated heterocycles. The number of nitrogens with one attached hydrogen (secondary N) is 1. The summed E-state index contributed by atoms with van der Waals surface area (Å²) in [5, 5.41) is 12.2. The van der Waals surface area contributed by atoms with Crippen LogP contribution in [0.4, 0.5) is 5.69 Å². The Bertz CT molecular complexity index is 611. The highest BCUT2D eigenvalue weighted by Crippen LogP contribution is 2.22. The fourth-order valence-corrected chi connectivity index (χ4v) is 2.61. The highest BCUT2D eigenvalue weighted by molar-refractivity contribution is 5.92. The van der Waals surface area contributed by atoms with E-state index in [2.05, 4.69) is 5.32 Å². The predicted molar refractivity (Wildman–Crippen MR) is 93.3 cm³/mol. The van der Waals surface area contributed by atoms with Crippen molar-refractivity contribution in [1.82, 2.24) is 4.90 Å². The molecule has 0 heterocycles. The Morgan fingerprint density at radius 3 is 2.39 bits per heavy atom. The van der Waals surface area contributed by atoms with E-state index in [1.54, 1.807) is 0 Å². The lowest BCUT2D eigenvalue weighted by molar-refractivity contribution is -0.117. The number of aryl methyl sites for hydroxylation is 1. The number of amides is 1. The van der Waals surface area contributed by atoms with Gasteiger partial charge >= 0.3 is 0 Å². The number of carbonyl (C=O) groups is 1. The van der Waals surface area contributed by atoms with E-state index in [4.69, 9.17) is 0 Å². The molecule has 1 atom stereocenters. The van der Waals surface area contributed by atoms with Crippen molar-refractivity contribution < 1.29 is 9.90 Å². The van der Waals surface area contributed by atoms with E-state index in [0.29, 0.717) is 6.42 Å². The van der Waals surface area contributed by atoms with Crippen LogP contribution in [-0.4, -0.2) is 36.1 Å². The van der Waals surface area contributed by atoms with Gasteiger partial charge in [-0.05, 0) is 38.1 Å². The van der Waals surface area contributed by atoms with Crippen molar-refractivity contribution in [2.24, 2.45) is 0 Å². The van der Waals surface area contributed by atoms with Crippen molar-refractivity contribution in [2.75, 3.05) is 25.5 Å². The van der Waals surface area contributed by atoms with Gasteiger partial charge in [-0.3, -0.25) is 9.69 Å². The fourth-order valence-electron chi connectivity index (χ4n) is 2.61. The minimum Gasteiger partial charge on any atom is -0.396 e. The van der Waals surface area contributed by atoms with Crippen LogP contribution >= 0.6 is 0 Å². The predicted octanol–water partition coefficient (Wildman–Crippen LogP) is 2.99. The Hall–Kier alpha value is -2.17. The quantitative estimate of drug-likeness (QED) is 0.826. The average Bonchev–Trinajstić information content (AvgIpc) is 2.55. The number of likely N-dealkylation sites (N-methyl/N-ethyl adjacent to an activating group) is 1. The van der Waals surface area contributed by atoms with Gasteiger partial charge in [-0.1, -0.05) is 48.0 Å². The molecule has 0 radical (unpaired) electrons. The molecule has 0 aliphatic rings. The molecule has 0 fully saturated rings. The standard InChI is InChI=1S/C19H24N2O2/c1-15-8-10-17(11-9-15)20-19(23)14-21(2)18(12-13-22)16-6-4-3-5-7-16/h3-11,18,22H,12-14H2,1-2H3,(H,20,23). The monoisotopic (exact) mass is 312 g/mol. The highest BCUT2D eigenvalue weighted by atomic mass is 16.3. The van der Waals surface area contributed by atoms with Crippen LogP contribution in [0.1, 0.15) is 23.6 Å². The van der Waals surface area contributed by atoms with Crippen LogP contribution in [0.15, 0.2) is 54.6 Å². The molecular formula is C19H24N2O2. The van der Waals surface area contributed by atoms with Gasteiger partial charge in [-0.2, -0.15) is 0 Å². The van der Waals surface area contributed by atoms with E-state index >= 15 is 0 Å². The first-order valence-electron chi connectivity index (χ1n) is 7.82. The van der Waals surface area contributed by atoms with Gasteiger partial charge in [-0.15, -0.1) is 0 Å². The molecule has 2 aromatic carbocycles. The summed E-state index contributed by atoms with van der Waals surface area (Å²) in [5.74, 6) is -0.0600. The fraction of sp³-hybridized carbons (Fsp3) is 0.316. The molecule has 1 unspecified atom stereocenters. The summed E-state index contributed by atoms with van der Waals surface area (Å²) in [4.78, 5) is 14.2. The first-order valence-corrected chi connectivity index (χ1v) is 7.82. The van der Waals surface area contributed by atoms with E-state index in [1.807, 2.05) is 73.5 Å². The van der Waals surface area contributed by atoms with Crippen LogP contribution in [-0.2, 0) is 4.79 Å². The van der Waals surface area contributed by atoms with Gasteiger partial charge in [0.05, 0.1) is 6.54 Å². The van der Waals surface area contributed by atoms with Crippen molar-refractivity contribution in [2.45, 2.75) is 19.4 Å². The highest BCUT2D eigenvalue weighted by Gasteiger charge is 2.18. The molecule has 1 amide bonds. The maximum atomic E-state index is 12.2. The lowest BCUT2D eigenvalue weighted by Gasteiger charge is -2.27. The smallest absolute Gasteiger partial charge is 0.238 e. The third-order valence-corrected chi connectivity index (χ3v) is 3.85. The van der Waals surface area contributed by atoms with Crippen molar-refractivity contribution in [3.8, 4) is 0 Å². The van der Waals surface area contributed by atoms with Crippen molar-refractivity contribution in [3.05, 3.63) is 65.7 Å². The topological polar surface area (TPSA) is 52.6 Å². The molecule has 2 N–H and O–H groups in total. The van der Waals surface area contributed by atoms with Crippen LogP contribution < -0.4 is 5.32 Å². The molecule has 4 heteroatoms. The van der Waals surface area contributed by atoms with Gasteiger partial charge in [0, 0.05) is 18.3 Å². The second kappa shape index (κ2) is 8.46. The lowest BCUT2D eigenvalue weighted by atomic mass is 10.0. The molecule has 23 heavy (non-hydrogen) atoms. The molecule has 0 bridgehead atoms. The zero-order valence-corrected chi connectivity index (χ0v) is 13.7. The number of hydrogen-bond acceptors (Lipinski definition) is 3. The normalized spacial score (nSPS) is 12.2. The van der Waals surface area contributed by atoms with E-state index in [-0.39, 0.29) is 25.1 Å². The zero-order chi connectivity index (χ0) is 16.7. The van der Waals surface area contributed by atoms with Crippen LogP contribution in [0.3, 0.4) is 0 Å². The van der Waals surface area contributed by atoms with Crippen LogP contribution in [0, 0.1) is 6.92 Å². The number of anilines is 1. The van der Waals surface area contributed by atoms with Crippen LogP contribution in [0.25, 0.3) is 0 Å². The van der Waals surface area contributed by atoms with Crippen LogP contribution in [0.5, 0.6) is 0 Å². The summed E-state index contributed by atoms with van der Waals surface area (Å²) in [5.41, 5.74) is 3.06. The van der Waals surface area contributed by atoms with Gasteiger partial charge in [0.25, 0.3) is 0 Å². The van der Waals surface area contributed by atoms with E-state index in [9.17, 15) is 9.90 Å². The van der Waals surface area contributed by atoms with Gasteiger partial charge < -0.3 is 10.4 Å². The van der Waals surface area contributed by atoms with Crippen LogP contribution in [0.2, 0.25) is 0 Å². The Kier molecular flexibility index (Phi) is 6.32. The van der Waals surface area contributed by atoms with E-state index in [0.717, 1.165) is 16.8 Å². The summed E-state index contributed by atoms with van der Waals surface area (Å²) in [6.07, 6.45) is 0.596. The first-order chi connectivity index (χ1) is 11.1. The third kappa shape index (κ3) is 5.20. The molecule has 4 nitrogen and oxygen atoms in total. The molecule has 122 valence electrons. The van der Waals surface area contributed by atoms with Gasteiger partial charge in [0.15, 0.2) is 0 Å². The second-order valence-corrected chi connectivity index (χ2v) is 5.77. The second-order valence-electron chi connectivity index (χ2n) is 5.77. The summed E-state index contributed by atoms with van der Waals surface area (Å²) >= 11 is 0. The Labute approximate surface area is 137 Å².